The summed E-state index contributed by atoms with van der Waals surface area (Å²) in [6, 6.07) is 5.46. The molecule has 1 aromatic carbocycles. The Labute approximate surface area is 149 Å². The highest BCUT2D eigenvalue weighted by molar-refractivity contribution is 5.89. The maximum Gasteiger partial charge on any atom is 0.326 e. The van der Waals surface area contributed by atoms with Gasteiger partial charge in [-0.1, -0.05) is 6.07 Å². The van der Waals surface area contributed by atoms with Crippen molar-refractivity contribution < 1.29 is 23.8 Å². The molecule has 0 aliphatic carbocycles. The highest BCUT2D eigenvalue weighted by atomic mass is 16.6. The number of benzene rings is 1. The molecule has 1 fully saturated rings. The van der Waals surface area contributed by atoms with E-state index in [-0.39, 0.29) is 30.4 Å². The van der Waals surface area contributed by atoms with Gasteiger partial charge in [-0.3, -0.25) is 9.59 Å². The number of likely N-dealkylation sites (tertiary alicyclic amines) is 1. The van der Waals surface area contributed by atoms with Crippen LogP contribution in [-0.2, 0) is 14.3 Å². The number of rotatable bonds is 5. The lowest BCUT2D eigenvalue weighted by molar-refractivity contribution is -0.158. The van der Waals surface area contributed by atoms with Crippen LogP contribution in [0.3, 0.4) is 0 Å². The number of esters is 1. The van der Waals surface area contributed by atoms with Crippen molar-refractivity contribution in [3.05, 3.63) is 23.8 Å². The van der Waals surface area contributed by atoms with Gasteiger partial charge in [0.1, 0.15) is 12.1 Å². The van der Waals surface area contributed by atoms with Crippen molar-refractivity contribution in [3.8, 4) is 11.5 Å². The van der Waals surface area contributed by atoms with Crippen LogP contribution in [0.1, 0.15) is 45.6 Å². The van der Waals surface area contributed by atoms with E-state index in [1.54, 1.807) is 25.2 Å². The van der Waals surface area contributed by atoms with E-state index < -0.39 is 5.60 Å². The van der Waals surface area contributed by atoms with Crippen LogP contribution < -0.4 is 9.47 Å². The summed E-state index contributed by atoms with van der Waals surface area (Å²) in [7, 11) is 3.14. The van der Waals surface area contributed by atoms with Gasteiger partial charge < -0.3 is 19.1 Å². The van der Waals surface area contributed by atoms with E-state index in [1.165, 1.54) is 0 Å². The molecule has 0 radical (unpaired) electrons. The van der Waals surface area contributed by atoms with Gasteiger partial charge in [-0.05, 0) is 51.8 Å². The molecule has 1 aromatic rings. The Morgan fingerprint density at radius 2 is 1.84 bits per heavy atom. The van der Waals surface area contributed by atoms with Gasteiger partial charge in [0.05, 0.1) is 20.1 Å². The molecule has 1 aliphatic rings. The van der Waals surface area contributed by atoms with Crippen molar-refractivity contribution in [2.75, 3.05) is 20.8 Å². The smallest absolute Gasteiger partial charge is 0.326 e. The van der Waals surface area contributed by atoms with E-state index in [1.807, 2.05) is 39.8 Å². The summed E-state index contributed by atoms with van der Waals surface area (Å²) >= 11 is 0. The van der Waals surface area contributed by atoms with E-state index >= 15 is 0 Å². The number of carbonyl (C=O) groups is 2. The largest absolute Gasteiger partial charge is 0.493 e. The molecule has 0 N–H and O–H groups in total. The standard InChI is InChI=1S/C19H27NO5/c1-12-9-14(13-7-8-15(23-5)16(10-13)24-6)18(22)20(12)11-17(21)25-19(2,3)4/h7-8,10,12,14H,9,11H2,1-6H3. The summed E-state index contributed by atoms with van der Waals surface area (Å²) in [5.41, 5.74) is 0.299. The fourth-order valence-corrected chi connectivity index (χ4v) is 3.08. The van der Waals surface area contributed by atoms with Crippen LogP contribution in [0.5, 0.6) is 11.5 Å². The number of hydrogen-bond donors (Lipinski definition) is 0. The Morgan fingerprint density at radius 3 is 2.40 bits per heavy atom. The predicted molar refractivity (Wildman–Crippen MR) is 93.9 cm³/mol. The molecule has 0 aromatic heterocycles. The Bertz CT molecular complexity index is 650. The van der Waals surface area contributed by atoms with Gasteiger partial charge in [0.2, 0.25) is 5.91 Å². The maximum atomic E-state index is 12.8. The highest BCUT2D eigenvalue weighted by Gasteiger charge is 2.39. The number of ether oxygens (including phenoxy) is 3. The summed E-state index contributed by atoms with van der Waals surface area (Å²) in [5, 5.41) is 0. The number of nitrogens with zero attached hydrogens (tertiary/aromatic N) is 1. The van der Waals surface area contributed by atoms with Crippen molar-refractivity contribution in [2.24, 2.45) is 0 Å². The summed E-state index contributed by atoms with van der Waals surface area (Å²) < 4.78 is 15.9. The van der Waals surface area contributed by atoms with E-state index in [2.05, 4.69) is 0 Å². The molecule has 6 heteroatoms. The van der Waals surface area contributed by atoms with Crippen LogP contribution in [0, 0.1) is 0 Å². The maximum absolute atomic E-state index is 12.8. The molecule has 1 amide bonds. The van der Waals surface area contributed by atoms with Crippen molar-refractivity contribution in [1.82, 2.24) is 4.90 Å². The zero-order valence-electron chi connectivity index (χ0n) is 15.8. The van der Waals surface area contributed by atoms with Crippen molar-refractivity contribution >= 4 is 11.9 Å². The number of carbonyl (C=O) groups excluding carboxylic acids is 2. The second-order valence-electron chi connectivity index (χ2n) is 7.30. The van der Waals surface area contributed by atoms with Crippen molar-refractivity contribution in [2.45, 2.75) is 51.7 Å². The average Bonchev–Trinajstić information content (AvgIpc) is 2.80. The molecule has 6 nitrogen and oxygen atoms in total. The second kappa shape index (κ2) is 7.33. The first kappa shape index (κ1) is 19.1. The monoisotopic (exact) mass is 349 g/mol. The summed E-state index contributed by atoms with van der Waals surface area (Å²) in [5.74, 6) is 0.463. The van der Waals surface area contributed by atoms with Crippen molar-refractivity contribution in [3.63, 3.8) is 0 Å². The van der Waals surface area contributed by atoms with Crippen LogP contribution in [-0.4, -0.2) is 49.2 Å². The van der Waals surface area contributed by atoms with Gasteiger partial charge in [0.25, 0.3) is 0 Å². The first-order valence-electron chi connectivity index (χ1n) is 8.40. The van der Waals surface area contributed by atoms with E-state index in [9.17, 15) is 9.59 Å². The molecule has 1 aliphatic heterocycles. The molecule has 0 saturated carbocycles. The molecular formula is C19H27NO5. The first-order chi connectivity index (χ1) is 11.7. The topological polar surface area (TPSA) is 65.1 Å². The van der Waals surface area contributed by atoms with Gasteiger partial charge in [-0.25, -0.2) is 0 Å². The SMILES string of the molecule is COc1ccc(C2CC(C)N(CC(=O)OC(C)(C)C)C2=O)cc1OC. The Balaban J connectivity index is 2.15. The Kier molecular flexibility index (Phi) is 5.60. The number of amides is 1. The lowest BCUT2D eigenvalue weighted by atomic mass is 9.95. The fourth-order valence-electron chi connectivity index (χ4n) is 3.08. The molecule has 138 valence electrons. The molecule has 1 heterocycles. The van der Waals surface area contributed by atoms with Gasteiger partial charge in [0.15, 0.2) is 11.5 Å². The molecule has 1 saturated heterocycles. The van der Waals surface area contributed by atoms with Crippen LogP contribution in [0.4, 0.5) is 0 Å². The summed E-state index contributed by atoms with van der Waals surface area (Å²) in [4.78, 5) is 26.5. The van der Waals surface area contributed by atoms with Gasteiger partial charge >= 0.3 is 5.97 Å². The first-order valence-corrected chi connectivity index (χ1v) is 8.40. The van der Waals surface area contributed by atoms with Crippen LogP contribution in [0.15, 0.2) is 18.2 Å². The third-order valence-electron chi connectivity index (χ3n) is 4.22. The molecule has 2 atom stereocenters. The van der Waals surface area contributed by atoms with Gasteiger partial charge in [-0.15, -0.1) is 0 Å². The Hall–Kier alpha value is -2.24. The third-order valence-corrected chi connectivity index (χ3v) is 4.22. The molecule has 2 rings (SSSR count). The summed E-state index contributed by atoms with van der Waals surface area (Å²) in [6.45, 7) is 7.36. The quantitative estimate of drug-likeness (QED) is 0.765. The lowest BCUT2D eigenvalue weighted by Crippen LogP contribution is -2.39. The van der Waals surface area contributed by atoms with E-state index in [4.69, 9.17) is 14.2 Å². The molecule has 0 spiro atoms. The highest BCUT2D eigenvalue weighted by Crippen LogP contribution is 2.37. The van der Waals surface area contributed by atoms with E-state index in [0.29, 0.717) is 17.9 Å². The van der Waals surface area contributed by atoms with Crippen LogP contribution in [0.2, 0.25) is 0 Å². The minimum absolute atomic E-state index is 0.0267. The van der Waals surface area contributed by atoms with Gasteiger partial charge in [-0.2, -0.15) is 0 Å². The third kappa shape index (κ3) is 4.44. The molecule has 25 heavy (non-hydrogen) atoms. The summed E-state index contributed by atoms with van der Waals surface area (Å²) in [6.07, 6.45) is 0.650. The zero-order chi connectivity index (χ0) is 18.8. The number of hydrogen-bond acceptors (Lipinski definition) is 5. The molecule has 0 bridgehead atoms. The minimum atomic E-state index is -0.564. The average molecular weight is 349 g/mol. The van der Waals surface area contributed by atoms with Gasteiger partial charge in [0, 0.05) is 6.04 Å². The molecule has 2 unspecified atom stereocenters. The predicted octanol–water partition coefficient (Wildman–Crippen LogP) is 2.75. The zero-order valence-corrected chi connectivity index (χ0v) is 15.8. The molecular weight excluding hydrogens is 322 g/mol. The van der Waals surface area contributed by atoms with Crippen LogP contribution >= 0.6 is 0 Å². The second-order valence-corrected chi connectivity index (χ2v) is 7.30. The minimum Gasteiger partial charge on any atom is -0.493 e. The lowest BCUT2D eigenvalue weighted by Gasteiger charge is -2.24. The Morgan fingerprint density at radius 1 is 1.20 bits per heavy atom. The van der Waals surface area contributed by atoms with E-state index in [0.717, 1.165) is 5.56 Å². The van der Waals surface area contributed by atoms with Crippen LogP contribution in [0.25, 0.3) is 0 Å². The fraction of sp³-hybridized carbons (Fsp3) is 0.579. The number of methoxy groups -OCH3 is 2. The normalized spacial score (nSPS) is 20.6. The van der Waals surface area contributed by atoms with Crippen molar-refractivity contribution in [1.29, 1.82) is 0 Å².